The van der Waals surface area contributed by atoms with E-state index in [4.69, 9.17) is 9.47 Å². The van der Waals surface area contributed by atoms with Crippen LogP contribution in [-0.2, 0) is 29.3 Å². The van der Waals surface area contributed by atoms with E-state index in [0.29, 0.717) is 76.0 Å². The maximum atomic E-state index is 16.2. The molecule has 4 aliphatic heterocycles. The maximum Gasteiger partial charge on any atom is 0.301 e. The average molecular weight is 920 g/mol. The highest BCUT2D eigenvalue weighted by molar-refractivity contribution is 7.90. The van der Waals surface area contributed by atoms with Gasteiger partial charge in [-0.1, -0.05) is 13.0 Å². The number of ether oxygens (including phenoxy) is 2. The Labute approximate surface area is 372 Å². The molecule has 1 unspecified atom stereocenters. The van der Waals surface area contributed by atoms with Crippen LogP contribution in [0.25, 0.3) is 10.9 Å². The molecule has 65 heavy (non-hydrogen) atoms. The van der Waals surface area contributed by atoms with Gasteiger partial charge in [-0.25, -0.2) is 18.2 Å². The number of carbonyl (C=O) groups excluding carboxylic acids is 3. The summed E-state index contributed by atoms with van der Waals surface area (Å²) >= 11 is 0. The number of amides is 3. The molecule has 0 bridgehead atoms. The molecule has 17 nitrogen and oxygen atoms in total. The van der Waals surface area contributed by atoms with Gasteiger partial charge in [0.25, 0.3) is 5.56 Å². The van der Waals surface area contributed by atoms with E-state index in [1.807, 2.05) is 0 Å². The molecule has 344 valence electrons. The number of imide groups is 1. The molecule has 4 fully saturated rings. The van der Waals surface area contributed by atoms with Gasteiger partial charge in [0.15, 0.2) is 23.1 Å². The quantitative estimate of drug-likeness (QED) is 0.168. The molecule has 3 N–H and O–H groups in total. The van der Waals surface area contributed by atoms with Crippen molar-refractivity contribution < 1.29 is 45.4 Å². The van der Waals surface area contributed by atoms with Gasteiger partial charge in [0.2, 0.25) is 17.7 Å². The highest BCUT2D eigenvalue weighted by Gasteiger charge is 2.44. The lowest BCUT2D eigenvalue weighted by Gasteiger charge is -2.40. The lowest BCUT2D eigenvalue weighted by Crippen LogP contribution is -2.50. The van der Waals surface area contributed by atoms with Crippen molar-refractivity contribution in [3.8, 4) is 17.6 Å². The summed E-state index contributed by atoms with van der Waals surface area (Å²) in [7, 11) is -2.81. The third-order valence-electron chi connectivity index (χ3n) is 13.0. The normalized spacial score (nSPS) is 20.5. The molecule has 0 saturated carbocycles. The van der Waals surface area contributed by atoms with E-state index < -0.39 is 73.4 Å². The first-order valence-corrected chi connectivity index (χ1v) is 22.9. The number of halogens is 3. The number of likely N-dealkylation sites (tertiary alicyclic amines) is 2. The van der Waals surface area contributed by atoms with Crippen molar-refractivity contribution in [2.24, 2.45) is 0 Å². The van der Waals surface area contributed by atoms with Crippen molar-refractivity contribution in [3.63, 3.8) is 0 Å². The van der Waals surface area contributed by atoms with E-state index in [1.54, 1.807) is 30.0 Å². The number of hydrogen-bond donors (Lipinski definition) is 3. The van der Waals surface area contributed by atoms with Gasteiger partial charge in [0, 0.05) is 38.8 Å². The van der Waals surface area contributed by atoms with E-state index in [1.165, 1.54) is 30.1 Å². The molecule has 4 saturated heterocycles. The van der Waals surface area contributed by atoms with Gasteiger partial charge in [-0.2, -0.15) is 18.0 Å². The van der Waals surface area contributed by atoms with Gasteiger partial charge < -0.3 is 19.7 Å². The van der Waals surface area contributed by atoms with Crippen molar-refractivity contribution in [2.45, 2.75) is 75.5 Å². The van der Waals surface area contributed by atoms with Crippen LogP contribution in [-0.4, -0.2) is 114 Å². The van der Waals surface area contributed by atoms with Crippen LogP contribution in [0.4, 0.5) is 24.5 Å². The predicted molar refractivity (Wildman–Crippen MR) is 231 cm³/mol. The summed E-state index contributed by atoms with van der Waals surface area (Å²) in [6.45, 7) is 4.16. The largest absolute Gasteiger partial charge is 0.450 e. The maximum absolute atomic E-state index is 16.2. The highest BCUT2D eigenvalue weighted by Crippen LogP contribution is 2.41. The topological polar surface area (TPSA) is 208 Å². The number of anilines is 2. The van der Waals surface area contributed by atoms with Crippen LogP contribution in [0.3, 0.4) is 0 Å². The van der Waals surface area contributed by atoms with Crippen molar-refractivity contribution in [3.05, 3.63) is 87.7 Å². The Kier molecular flexibility index (Phi) is 12.9. The summed E-state index contributed by atoms with van der Waals surface area (Å²) in [6, 6.07) is 9.82. The molecule has 4 aliphatic rings. The molecule has 0 aliphatic carbocycles. The molecule has 1 aromatic heterocycles. The Bertz CT molecular complexity index is 2750. The fourth-order valence-electron chi connectivity index (χ4n) is 9.04. The smallest absolute Gasteiger partial charge is 0.301 e. The molecular weight excluding hydrogens is 872 g/mol. The molecule has 21 heteroatoms. The number of aromatic nitrogens is 2. The predicted octanol–water partition coefficient (Wildman–Crippen LogP) is 4.51. The Balaban J connectivity index is 0.862. The number of benzene rings is 3. The number of fused-ring (bicyclic) bond motifs is 1. The van der Waals surface area contributed by atoms with Crippen LogP contribution in [0.2, 0.25) is 0 Å². The third-order valence-corrected chi connectivity index (χ3v) is 14.5. The monoisotopic (exact) mass is 919 g/mol. The number of nitrogens with one attached hydrogen (secondary N) is 3. The van der Waals surface area contributed by atoms with Crippen molar-refractivity contribution in [1.29, 1.82) is 5.26 Å². The van der Waals surface area contributed by atoms with E-state index in [0.717, 1.165) is 22.5 Å². The molecule has 5 heterocycles. The van der Waals surface area contributed by atoms with E-state index in [2.05, 4.69) is 25.2 Å². The van der Waals surface area contributed by atoms with E-state index in [-0.39, 0.29) is 60.9 Å². The first-order valence-electron chi connectivity index (χ1n) is 21.5. The molecule has 1 spiro atoms. The second-order valence-electron chi connectivity index (χ2n) is 16.9. The third kappa shape index (κ3) is 9.38. The highest BCUT2D eigenvalue weighted by atomic mass is 32.2. The number of nitriles is 1. The number of hydrogen-bond acceptors (Lipinski definition) is 12. The van der Waals surface area contributed by atoms with Crippen molar-refractivity contribution in [2.75, 3.05) is 63.0 Å². The summed E-state index contributed by atoms with van der Waals surface area (Å²) in [5.41, 5.74) is -1.13. The number of nitrogens with zero attached hydrogens (tertiary/aromatic N) is 6. The minimum atomic E-state index is -4.12. The standard InChI is InChI=1S/C44H48F3N9O8S/c1-3-53(2)65(61,62)52-33-7-6-31(45)41(30(33)22-48)64-36-10-8-34-39(40(36)47)43(60)56(25-49-34)28-21-44(63-24-28)14-18-55(19-15-44)38(58)23-54-16-12-26(13-17-54)29-5-4-27(20-32(29)46)50-35-9-11-37(57)51-42(35)59/h4-8,10,20,25-26,28,35,50,52H,3,9,11-19,21,23-24H2,1-2H3,(H,51,57,59)/t28-,35?/m1/s1. The van der Waals surface area contributed by atoms with Crippen LogP contribution >= 0.6 is 0 Å². The summed E-state index contributed by atoms with van der Waals surface area (Å²) < 4.78 is 88.3. The zero-order valence-electron chi connectivity index (χ0n) is 35.7. The van der Waals surface area contributed by atoms with E-state index >= 15 is 13.2 Å². The Morgan fingerprint density at radius 1 is 1.05 bits per heavy atom. The zero-order valence-corrected chi connectivity index (χ0v) is 36.6. The van der Waals surface area contributed by atoms with Crippen molar-refractivity contribution >= 4 is 50.2 Å². The fraction of sp³-hybridized carbons (Fsp3) is 0.455. The van der Waals surface area contributed by atoms with Crippen LogP contribution in [0.1, 0.15) is 75.0 Å². The summed E-state index contributed by atoms with van der Waals surface area (Å²) in [4.78, 5) is 59.2. The molecule has 3 aromatic carbocycles. The number of piperidine rings is 3. The lowest BCUT2D eigenvalue weighted by molar-refractivity contribution is -0.137. The molecule has 2 atom stereocenters. The first kappa shape index (κ1) is 45.5. The molecule has 8 rings (SSSR count). The van der Waals surface area contributed by atoms with Gasteiger partial charge >= 0.3 is 10.2 Å². The molecule has 4 aromatic rings. The summed E-state index contributed by atoms with van der Waals surface area (Å²) in [5, 5.41) is 14.8. The Morgan fingerprint density at radius 3 is 2.49 bits per heavy atom. The summed E-state index contributed by atoms with van der Waals surface area (Å²) in [6.07, 6.45) is 4.65. The van der Waals surface area contributed by atoms with Crippen LogP contribution < -0.4 is 25.7 Å². The van der Waals surface area contributed by atoms with Gasteiger partial charge in [0.1, 0.15) is 28.9 Å². The molecule has 0 radical (unpaired) electrons. The minimum Gasteiger partial charge on any atom is -0.450 e. The van der Waals surface area contributed by atoms with Crippen LogP contribution in [0.5, 0.6) is 11.5 Å². The second-order valence-corrected chi connectivity index (χ2v) is 18.7. The first-order chi connectivity index (χ1) is 31.1. The fourth-order valence-corrected chi connectivity index (χ4v) is 9.98. The SMILES string of the molecule is CCN(C)S(=O)(=O)Nc1ccc(F)c(Oc2ccc3ncn([C@H]4COC5(CCN(C(=O)CN6CCC(c7ccc(NC8CCC(=O)NC8=O)cc7F)CC6)CC5)C4)c(=O)c3c2F)c1C#N. The number of rotatable bonds is 12. The van der Waals surface area contributed by atoms with Gasteiger partial charge in [-0.15, -0.1) is 0 Å². The van der Waals surface area contributed by atoms with Gasteiger partial charge in [0.05, 0.1) is 42.3 Å². The van der Waals surface area contributed by atoms with Crippen molar-refractivity contribution in [1.82, 2.24) is 29.0 Å². The zero-order chi connectivity index (χ0) is 46.2. The molecule has 3 amide bonds. The minimum absolute atomic E-state index is 0.00766. The Morgan fingerprint density at radius 2 is 1.80 bits per heavy atom. The van der Waals surface area contributed by atoms with Gasteiger partial charge in [-0.05, 0) is 99.5 Å². The van der Waals surface area contributed by atoms with Crippen LogP contribution in [0.15, 0.2) is 53.6 Å². The van der Waals surface area contributed by atoms with E-state index in [9.17, 15) is 32.9 Å². The average Bonchev–Trinajstić information content (AvgIpc) is 3.69. The van der Waals surface area contributed by atoms with Crippen LogP contribution in [0, 0.1) is 28.8 Å². The molecular formula is C44H48F3N9O8S. The summed E-state index contributed by atoms with van der Waals surface area (Å²) in [5.74, 6) is -4.72. The lowest BCUT2D eigenvalue weighted by atomic mass is 9.87. The second kappa shape index (κ2) is 18.4. The Hall–Kier alpha value is -6.08. The van der Waals surface area contributed by atoms with Gasteiger partial charge in [-0.3, -0.25) is 38.7 Å². The number of carbonyl (C=O) groups is 3.